The summed E-state index contributed by atoms with van der Waals surface area (Å²) in [4.78, 5) is 21.5. The molecule has 2 amide bonds. The maximum atomic E-state index is 10.7. The third-order valence-corrected chi connectivity index (χ3v) is 1.91. The van der Waals surface area contributed by atoms with Gasteiger partial charge in [-0.05, 0) is 0 Å². The van der Waals surface area contributed by atoms with Crippen molar-refractivity contribution >= 4 is 11.8 Å². The van der Waals surface area contributed by atoms with Crippen molar-refractivity contribution in [1.29, 1.82) is 0 Å². The van der Waals surface area contributed by atoms with Crippen LogP contribution in [-0.2, 0) is 9.59 Å². The van der Waals surface area contributed by atoms with E-state index in [0.29, 0.717) is 0 Å². The third kappa shape index (κ3) is 3.71. The summed E-state index contributed by atoms with van der Waals surface area (Å²) in [6.07, 6.45) is 0. The first-order valence-corrected chi connectivity index (χ1v) is 4.62. The van der Waals surface area contributed by atoms with Crippen molar-refractivity contribution in [3.05, 3.63) is 0 Å². The Balaban J connectivity index is 2.24. The highest BCUT2D eigenvalue weighted by Gasteiger charge is 2.17. The minimum absolute atomic E-state index is 0.0574. The summed E-state index contributed by atoms with van der Waals surface area (Å²) >= 11 is 0. The molecule has 0 atom stereocenters. The predicted octanol–water partition coefficient (Wildman–Crippen LogP) is -1.29. The molecule has 0 aromatic carbocycles. The van der Waals surface area contributed by atoms with E-state index < -0.39 is 0 Å². The molecule has 0 saturated carbocycles. The van der Waals surface area contributed by atoms with E-state index in [2.05, 4.69) is 10.9 Å². The monoisotopic (exact) mass is 200 g/mol. The van der Waals surface area contributed by atoms with Gasteiger partial charge in [0.05, 0.1) is 0 Å². The largest absolute Gasteiger partial charge is 0.289 e. The number of rotatable bonds is 2. The maximum absolute atomic E-state index is 10.7. The molecule has 1 rings (SSSR count). The van der Waals surface area contributed by atoms with Crippen LogP contribution in [0.1, 0.15) is 13.8 Å². The van der Waals surface area contributed by atoms with Crippen LogP contribution in [0, 0.1) is 0 Å². The highest BCUT2D eigenvalue weighted by atomic mass is 16.2. The van der Waals surface area contributed by atoms with Gasteiger partial charge in [-0.15, -0.1) is 0 Å². The van der Waals surface area contributed by atoms with Crippen molar-refractivity contribution in [3.8, 4) is 0 Å². The number of carbonyl (C=O) groups is 2. The zero-order valence-electron chi connectivity index (χ0n) is 8.54. The van der Waals surface area contributed by atoms with Gasteiger partial charge in [-0.2, -0.15) is 0 Å². The lowest BCUT2D eigenvalue weighted by Gasteiger charge is -2.34. The zero-order valence-corrected chi connectivity index (χ0v) is 8.54. The number of hydrogen-bond acceptors (Lipinski definition) is 4. The Morgan fingerprint density at radius 2 is 1.14 bits per heavy atom. The molecule has 6 heteroatoms. The molecule has 0 aromatic heterocycles. The van der Waals surface area contributed by atoms with Crippen LogP contribution in [-0.4, -0.2) is 48.0 Å². The van der Waals surface area contributed by atoms with E-state index in [9.17, 15) is 9.59 Å². The minimum atomic E-state index is -0.0574. The van der Waals surface area contributed by atoms with Gasteiger partial charge >= 0.3 is 0 Å². The second-order valence-electron chi connectivity index (χ2n) is 3.31. The summed E-state index contributed by atoms with van der Waals surface area (Å²) in [6, 6.07) is 0. The van der Waals surface area contributed by atoms with Gasteiger partial charge in [0.25, 0.3) is 0 Å². The number of hydrazine groups is 2. The van der Waals surface area contributed by atoms with Gasteiger partial charge in [-0.1, -0.05) is 0 Å². The van der Waals surface area contributed by atoms with Gasteiger partial charge in [0.1, 0.15) is 0 Å². The van der Waals surface area contributed by atoms with Crippen molar-refractivity contribution < 1.29 is 9.59 Å². The normalized spacial score (nSPS) is 19.0. The van der Waals surface area contributed by atoms with E-state index in [4.69, 9.17) is 0 Å². The molecule has 1 fully saturated rings. The number of hydrogen-bond donors (Lipinski definition) is 2. The maximum Gasteiger partial charge on any atom is 0.231 e. The molecule has 1 aliphatic rings. The fourth-order valence-corrected chi connectivity index (χ4v) is 1.38. The van der Waals surface area contributed by atoms with Crippen LogP contribution < -0.4 is 10.9 Å². The molecule has 0 aromatic rings. The molecule has 80 valence electrons. The number of amides is 2. The summed E-state index contributed by atoms with van der Waals surface area (Å²) in [5.74, 6) is -0.115. The molecule has 6 nitrogen and oxygen atoms in total. The van der Waals surface area contributed by atoms with Crippen molar-refractivity contribution in [1.82, 2.24) is 20.9 Å². The lowest BCUT2D eigenvalue weighted by atomic mass is 10.4. The van der Waals surface area contributed by atoms with Crippen LogP contribution in [0.2, 0.25) is 0 Å². The number of nitrogens with one attached hydrogen (secondary N) is 2. The molecular formula is C8H16N4O2. The first-order valence-electron chi connectivity index (χ1n) is 4.62. The quantitative estimate of drug-likeness (QED) is 0.582. The van der Waals surface area contributed by atoms with Gasteiger partial charge in [-0.25, -0.2) is 10.0 Å². The van der Waals surface area contributed by atoms with Gasteiger partial charge in [0, 0.05) is 40.0 Å². The lowest BCUT2D eigenvalue weighted by molar-refractivity contribution is -0.128. The van der Waals surface area contributed by atoms with Crippen LogP contribution in [0.25, 0.3) is 0 Å². The molecule has 0 unspecified atom stereocenters. The van der Waals surface area contributed by atoms with Gasteiger partial charge in [0.15, 0.2) is 0 Å². The van der Waals surface area contributed by atoms with Crippen molar-refractivity contribution in [3.63, 3.8) is 0 Å². The summed E-state index contributed by atoms with van der Waals surface area (Å²) in [7, 11) is 0. The number of nitrogens with zero attached hydrogens (tertiary/aromatic N) is 2. The van der Waals surface area contributed by atoms with E-state index in [-0.39, 0.29) is 11.8 Å². The van der Waals surface area contributed by atoms with Crippen LogP contribution in [0.5, 0.6) is 0 Å². The molecule has 14 heavy (non-hydrogen) atoms. The highest BCUT2D eigenvalue weighted by Crippen LogP contribution is 1.95. The van der Waals surface area contributed by atoms with E-state index in [1.165, 1.54) is 13.8 Å². The molecule has 2 N–H and O–H groups in total. The standard InChI is InChI=1S/C8H16N4O2/c1-7(13)9-11-3-5-12(6-4-11)10-8(2)14/h3-6H2,1-2H3,(H,9,13)(H,10,14). The lowest BCUT2D eigenvalue weighted by Crippen LogP contribution is -2.57. The van der Waals surface area contributed by atoms with Crippen LogP contribution in [0.4, 0.5) is 0 Å². The first-order chi connectivity index (χ1) is 6.58. The molecule has 0 spiro atoms. The van der Waals surface area contributed by atoms with Crippen molar-refractivity contribution in [2.24, 2.45) is 0 Å². The van der Waals surface area contributed by atoms with Gasteiger partial charge in [-0.3, -0.25) is 20.4 Å². The topological polar surface area (TPSA) is 64.7 Å². The summed E-state index contributed by atoms with van der Waals surface area (Å²) in [6.45, 7) is 5.86. The van der Waals surface area contributed by atoms with Gasteiger partial charge < -0.3 is 0 Å². The summed E-state index contributed by atoms with van der Waals surface area (Å²) < 4.78 is 0. The Kier molecular flexibility index (Phi) is 3.84. The predicted molar refractivity (Wildman–Crippen MR) is 50.8 cm³/mol. The molecule has 1 heterocycles. The van der Waals surface area contributed by atoms with Crippen molar-refractivity contribution in [2.75, 3.05) is 26.2 Å². The summed E-state index contributed by atoms with van der Waals surface area (Å²) in [5, 5.41) is 3.70. The Morgan fingerprint density at radius 3 is 1.36 bits per heavy atom. The molecule has 0 radical (unpaired) electrons. The Morgan fingerprint density at radius 1 is 0.857 bits per heavy atom. The minimum Gasteiger partial charge on any atom is -0.289 e. The second kappa shape index (κ2) is 4.92. The van der Waals surface area contributed by atoms with Crippen molar-refractivity contribution in [2.45, 2.75) is 13.8 Å². The average molecular weight is 200 g/mol. The zero-order chi connectivity index (χ0) is 10.6. The first kappa shape index (κ1) is 10.9. The third-order valence-electron chi connectivity index (χ3n) is 1.91. The van der Waals surface area contributed by atoms with E-state index in [0.717, 1.165) is 26.2 Å². The van der Waals surface area contributed by atoms with E-state index in [1.54, 1.807) is 0 Å². The smallest absolute Gasteiger partial charge is 0.231 e. The second-order valence-corrected chi connectivity index (χ2v) is 3.31. The average Bonchev–Trinajstić information content (AvgIpc) is 2.06. The van der Waals surface area contributed by atoms with E-state index >= 15 is 0 Å². The molecule has 1 saturated heterocycles. The Bertz CT molecular complexity index is 199. The molecule has 1 aliphatic heterocycles. The van der Waals surface area contributed by atoms with Crippen LogP contribution in [0.15, 0.2) is 0 Å². The molecular weight excluding hydrogens is 184 g/mol. The SMILES string of the molecule is CC(=O)NN1CCN(NC(C)=O)CC1. The van der Waals surface area contributed by atoms with Crippen LogP contribution >= 0.6 is 0 Å². The van der Waals surface area contributed by atoms with Gasteiger partial charge in [0.2, 0.25) is 11.8 Å². The van der Waals surface area contributed by atoms with Crippen LogP contribution in [0.3, 0.4) is 0 Å². The summed E-state index contributed by atoms with van der Waals surface area (Å²) in [5.41, 5.74) is 5.42. The highest BCUT2D eigenvalue weighted by molar-refractivity contribution is 5.72. The number of piperazine rings is 1. The van der Waals surface area contributed by atoms with E-state index in [1.807, 2.05) is 10.0 Å². The Labute approximate surface area is 83.2 Å². The fraction of sp³-hybridized carbons (Fsp3) is 0.750. The Hall–Kier alpha value is -1.14. The molecule has 0 bridgehead atoms. The fourth-order valence-electron chi connectivity index (χ4n) is 1.38. The number of carbonyl (C=O) groups excluding carboxylic acids is 2. The molecule has 0 aliphatic carbocycles.